The van der Waals surface area contributed by atoms with Gasteiger partial charge < -0.3 is 9.30 Å². The van der Waals surface area contributed by atoms with Crippen LogP contribution in [0.3, 0.4) is 0 Å². The Labute approximate surface area is 126 Å². The Morgan fingerprint density at radius 3 is 3.10 bits per heavy atom. The lowest BCUT2D eigenvalue weighted by Gasteiger charge is -2.25. The number of nitrogens with zero attached hydrogens (tertiary/aromatic N) is 3. The van der Waals surface area contributed by atoms with Crippen molar-refractivity contribution < 1.29 is 4.79 Å². The Kier molecular flexibility index (Phi) is 3.00. The average Bonchev–Trinajstić information content (AvgIpc) is 3.24. The predicted molar refractivity (Wildman–Crippen MR) is 82.5 cm³/mol. The molecule has 21 heavy (non-hydrogen) atoms. The number of thiophene rings is 1. The lowest BCUT2D eigenvalue weighted by Crippen LogP contribution is -2.30. The normalized spacial score (nSPS) is 18.5. The zero-order chi connectivity index (χ0) is 14.2. The Hall–Kier alpha value is -2.14. The highest BCUT2D eigenvalue weighted by atomic mass is 32.1. The Balaban J connectivity index is 1.74. The number of fused-ring (bicyclic) bond motifs is 1. The molecule has 0 spiro atoms. The van der Waals surface area contributed by atoms with Crippen molar-refractivity contribution in [1.82, 2.24) is 14.3 Å². The molecule has 3 aromatic heterocycles. The van der Waals surface area contributed by atoms with Gasteiger partial charge in [0.05, 0.1) is 10.9 Å². The molecule has 1 aliphatic rings. The Morgan fingerprint density at radius 1 is 1.29 bits per heavy atom. The van der Waals surface area contributed by atoms with Crippen LogP contribution in [0.2, 0.25) is 0 Å². The summed E-state index contributed by atoms with van der Waals surface area (Å²) < 4.78 is 2.09. The highest BCUT2D eigenvalue weighted by Crippen LogP contribution is 2.33. The van der Waals surface area contributed by atoms with Crippen LogP contribution in [0.25, 0.3) is 5.65 Å². The van der Waals surface area contributed by atoms with Crippen LogP contribution in [0.15, 0.2) is 48.1 Å². The number of carbonyl (C=O) groups is 1. The molecule has 3 aromatic rings. The van der Waals surface area contributed by atoms with Crippen molar-refractivity contribution in [2.45, 2.75) is 18.9 Å². The van der Waals surface area contributed by atoms with Crippen molar-refractivity contribution >= 4 is 22.9 Å². The van der Waals surface area contributed by atoms with Gasteiger partial charge >= 0.3 is 0 Å². The van der Waals surface area contributed by atoms with E-state index >= 15 is 0 Å². The van der Waals surface area contributed by atoms with Gasteiger partial charge in [-0.2, -0.15) is 0 Å². The second-order valence-corrected chi connectivity index (χ2v) is 6.19. The van der Waals surface area contributed by atoms with Gasteiger partial charge in [-0.3, -0.25) is 4.79 Å². The maximum Gasteiger partial charge on any atom is 0.264 e. The molecular formula is C16H15N3OS. The minimum atomic E-state index is 0.137. The van der Waals surface area contributed by atoms with E-state index in [0.29, 0.717) is 0 Å². The molecule has 0 N–H and O–H groups in total. The Bertz CT molecular complexity index is 778. The van der Waals surface area contributed by atoms with Gasteiger partial charge in [-0.25, -0.2) is 4.98 Å². The summed E-state index contributed by atoms with van der Waals surface area (Å²) in [6, 6.07) is 10.1. The number of amides is 1. The molecule has 1 aliphatic heterocycles. The molecule has 0 unspecified atom stereocenters. The van der Waals surface area contributed by atoms with Crippen LogP contribution in [0, 0.1) is 0 Å². The molecule has 1 saturated heterocycles. The number of aromatic nitrogens is 2. The minimum Gasteiger partial charge on any atom is -0.329 e. The number of imidazole rings is 1. The molecule has 4 heterocycles. The lowest BCUT2D eigenvalue weighted by atomic mass is 10.1. The van der Waals surface area contributed by atoms with Crippen molar-refractivity contribution in [1.29, 1.82) is 0 Å². The number of pyridine rings is 1. The van der Waals surface area contributed by atoms with E-state index in [1.54, 1.807) is 6.20 Å². The minimum absolute atomic E-state index is 0.137. The summed E-state index contributed by atoms with van der Waals surface area (Å²) in [6.07, 6.45) is 5.83. The second kappa shape index (κ2) is 5.00. The van der Waals surface area contributed by atoms with Crippen LogP contribution in [0.4, 0.5) is 0 Å². The third-order valence-corrected chi connectivity index (χ3v) is 4.90. The molecule has 0 aromatic carbocycles. The standard InChI is InChI=1S/C16H15N3OS/c20-16(14-6-3-11-21-14)19-9-2-5-13(19)12-4-1-7-15-17-8-10-18(12)15/h1,3-4,6-8,10-11,13H,2,5,9H2/t13-/m1/s1. The molecule has 5 heteroatoms. The molecule has 0 bridgehead atoms. The zero-order valence-electron chi connectivity index (χ0n) is 11.5. The molecule has 4 rings (SSSR count). The van der Waals surface area contributed by atoms with Crippen molar-refractivity contribution in [3.8, 4) is 0 Å². The fourth-order valence-electron chi connectivity index (χ4n) is 3.10. The highest BCUT2D eigenvalue weighted by molar-refractivity contribution is 7.12. The summed E-state index contributed by atoms with van der Waals surface area (Å²) in [4.78, 5) is 19.8. The number of likely N-dealkylation sites (tertiary alicyclic amines) is 1. The highest BCUT2D eigenvalue weighted by Gasteiger charge is 2.32. The van der Waals surface area contributed by atoms with Crippen molar-refractivity contribution in [3.63, 3.8) is 0 Å². The first-order valence-corrected chi connectivity index (χ1v) is 7.99. The summed E-state index contributed by atoms with van der Waals surface area (Å²) >= 11 is 1.51. The van der Waals surface area contributed by atoms with Gasteiger partial charge in [0.1, 0.15) is 5.65 Å². The lowest BCUT2D eigenvalue weighted by molar-refractivity contribution is 0.0737. The van der Waals surface area contributed by atoms with Gasteiger partial charge in [0, 0.05) is 24.6 Å². The zero-order valence-corrected chi connectivity index (χ0v) is 12.3. The number of hydrogen-bond acceptors (Lipinski definition) is 3. The number of rotatable bonds is 2. The summed E-state index contributed by atoms with van der Waals surface area (Å²) in [6.45, 7) is 0.826. The van der Waals surface area contributed by atoms with Gasteiger partial charge in [-0.1, -0.05) is 12.1 Å². The number of carbonyl (C=O) groups excluding carboxylic acids is 1. The van der Waals surface area contributed by atoms with Crippen molar-refractivity contribution in [2.75, 3.05) is 6.54 Å². The van der Waals surface area contributed by atoms with E-state index in [0.717, 1.165) is 35.6 Å². The molecule has 0 saturated carbocycles. The maximum atomic E-state index is 12.7. The van der Waals surface area contributed by atoms with E-state index in [4.69, 9.17) is 0 Å². The molecular weight excluding hydrogens is 282 g/mol. The smallest absolute Gasteiger partial charge is 0.264 e. The maximum absolute atomic E-state index is 12.7. The summed E-state index contributed by atoms with van der Waals surface area (Å²) in [5.74, 6) is 0.143. The number of hydrogen-bond donors (Lipinski definition) is 0. The van der Waals surface area contributed by atoms with E-state index in [1.165, 1.54) is 11.3 Å². The molecule has 4 nitrogen and oxygen atoms in total. The summed E-state index contributed by atoms with van der Waals surface area (Å²) in [7, 11) is 0. The van der Waals surface area contributed by atoms with Gasteiger partial charge in [-0.05, 0) is 36.4 Å². The summed E-state index contributed by atoms with van der Waals surface area (Å²) in [5, 5.41) is 1.95. The third kappa shape index (κ3) is 2.05. The van der Waals surface area contributed by atoms with E-state index in [2.05, 4.69) is 15.5 Å². The first-order valence-electron chi connectivity index (χ1n) is 7.11. The third-order valence-electron chi connectivity index (χ3n) is 4.05. The van der Waals surface area contributed by atoms with Gasteiger partial charge in [0.2, 0.25) is 0 Å². The molecule has 1 amide bonds. The fourth-order valence-corrected chi connectivity index (χ4v) is 3.78. The van der Waals surface area contributed by atoms with Crippen LogP contribution in [-0.2, 0) is 0 Å². The van der Waals surface area contributed by atoms with Gasteiger partial charge in [-0.15, -0.1) is 11.3 Å². The van der Waals surface area contributed by atoms with Gasteiger partial charge in [0.15, 0.2) is 0 Å². The fraction of sp³-hybridized carbons (Fsp3) is 0.250. The average molecular weight is 297 g/mol. The molecule has 106 valence electrons. The van der Waals surface area contributed by atoms with Crippen LogP contribution >= 0.6 is 11.3 Å². The first kappa shape index (κ1) is 12.6. The second-order valence-electron chi connectivity index (χ2n) is 5.24. The van der Waals surface area contributed by atoms with Crippen LogP contribution in [0.1, 0.15) is 34.2 Å². The molecule has 1 fully saturated rings. The van der Waals surface area contributed by atoms with Crippen molar-refractivity contribution in [2.24, 2.45) is 0 Å². The largest absolute Gasteiger partial charge is 0.329 e. The van der Waals surface area contributed by atoms with E-state index in [9.17, 15) is 4.79 Å². The monoisotopic (exact) mass is 297 g/mol. The van der Waals surface area contributed by atoms with Crippen LogP contribution < -0.4 is 0 Å². The van der Waals surface area contributed by atoms with E-state index in [1.807, 2.05) is 40.7 Å². The van der Waals surface area contributed by atoms with Crippen molar-refractivity contribution in [3.05, 3.63) is 58.7 Å². The molecule has 1 atom stereocenters. The SMILES string of the molecule is O=C(c1cccs1)N1CCC[C@@H]1c1cccc2nccn12. The predicted octanol–water partition coefficient (Wildman–Crippen LogP) is 3.37. The molecule has 0 radical (unpaired) electrons. The first-order chi connectivity index (χ1) is 10.3. The summed E-state index contributed by atoms with van der Waals surface area (Å²) in [5.41, 5.74) is 2.08. The van der Waals surface area contributed by atoms with E-state index in [-0.39, 0.29) is 11.9 Å². The van der Waals surface area contributed by atoms with Crippen LogP contribution in [0.5, 0.6) is 0 Å². The Morgan fingerprint density at radius 2 is 2.24 bits per heavy atom. The van der Waals surface area contributed by atoms with E-state index < -0.39 is 0 Å². The van der Waals surface area contributed by atoms with Crippen LogP contribution in [-0.4, -0.2) is 26.7 Å². The quantitative estimate of drug-likeness (QED) is 0.727. The topological polar surface area (TPSA) is 37.6 Å². The van der Waals surface area contributed by atoms with Gasteiger partial charge in [0.25, 0.3) is 5.91 Å². The molecule has 0 aliphatic carbocycles.